The van der Waals surface area contributed by atoms with Crippen molar-refractivity contribution in [3.63, 3.8) is 0 Å². The second-order valence-corrected chi connectivity index (χ2v) is 5.04. The lowest BCUT2D eigenvalue weighted by Crippen LogP contribution is -2.38. The van der Waals surface area contributed by atoms with Crippen molar-refractivity contribution in [1.82, 2.24) is 0 Å². The van der Waals surface area contributed by atoms with E-state index < -0.39 is 0 Å². The Morgan fingerprint density at radius 1 is 1.28 bits per heavy atom. The van der Waals surface area contributed by atoms with Crippen LogP contribution in [0.1, 0.15) is 31.4 Å². The summed E-state index contributed by atoms with van der Waals surface area (Å²) in [6.07, 6.45) is 1.70. The Morgan fingerprint density at radius 3 is 2.28 bits per heavy atom. The molecule has 4 heteroatoms. The van der Waals surface area contributed by atoms with E-state index in [1.807, 2.05) is 6.92 Å². The van der Waals surface area contributed by atoms with Crippen LogP contribution < -0.4 is 16.4 Å². The van der Waals surface area contributed by atoms with Crippen molar-refractivity contribution in [1.29, 1.82) is 0 Å². The molecule has 1 aliphatic heterocycles. The fourth-order valence-corrected chi connectivity index (χ4v) is 2.41. The van der Waals surface area contributed by atoms with Gasteiger partial charge in [0.25, 0.3) is 0 Å². The van der Waals surface area contributed by atoms with E-state index in [1.54, 1.807) is 0 Å². The molecule has 0 bridgehead atoms. The van der Waals surface area contributed by atoms with Gasteiger partial charge in [-0.05, 0) is 37.5 Å². The fraction of sp³-hybridized carbons (Fsp3) is 0.500. The summed E-state index contributed by atoms with van der Waals surface area (Å²) in [6, 6.07) is 8.41. The van der Waals surface area contributed by atoms with Gasteiger partial charge in [0.05, 0.1) is 0 Å². The van der Waals surface area contributed by atoms with Crippen LogP contribution in [-0.2, 0) is 4.79 Å². The summed E-state index contributed by atoms with van der Waals surface area (Å²) >= 11 is 0. The van der Waals surface area contributed by atoms with Crippen LogP contribution in [0.25, 0.3) is 0 Å². The molecule has 0 spiro atoms. The van der Waals surface area contributed by atoms with E-state index in [0.717, 1.165) is 31.5 Å². The molecule has 0 saturated carbocycles. The van der Waals surface area contributed by atoms with Crippen molar-refractivity contribution in [3.05, 3.63) is 29.8 Å². The molecule has 4 N–H and O–H groups in total. The first-order chi connectivity index (χ1) is 8.58. The van der Waals surface area contributed by atoms with E-state index >= 15 is 0 Å². The van der Waals surface area contributed by atoms with Crippen molar-refractivity contribution >= 4 is 11.6 Å². The van der Waals surface area contributed by atoms with E-state index in [9.17, 15) is 4.79 Å². The minimum absolute atomic E-state index is 0.0459. The second kappa shape index (κ2) is 5.40. The highest BCUT2D eigenvalue weighted by molar-refractivity contribution is 5.77. The van der Waals surface area contributed by atoms with Crippen molar-refractivity contribution in [3.8, 4) is 0 Å². The summed E-state index contributed by atoms with van der Waals surface area (Å²) in [5.41, 5.74) is 13.5. The molecule has 1 aromatic carbocycles. The monoisotopic (exact) mass is 247 g/mol. The Labute approximate surface area is 108 Å². The molecule has 0 aromatic heterocycles. The van der Waals surface area contributed by atoms with Crippen LogP contribution in [0, 0.1) is 5.92 Å². The lowest BCUT2D eigenvalue weighted by atomic mass is 9.96. The summed E-state index contributed by atoms with van der Waals surface area (Å²) in [4.78, 5) is 13.4. The van der Waals surface area contributed by atoms with Crippen LogP contribution in [0.4, 0.5) is 5.69 Å². The van der Waals surface area contributed by atoms with Crippen LogP contribution in [0.15, 0.2) is 24.3 Å². The van der Waals surface area contributed by atoms with Gasteiger partial charge in [-0.3, -0.25) is 4.79 Å². The first-order valence-electron chi connectivity index (χ1n) is 6.47. The van der Waals surface area contributed by atoms with E-state index in [0.29, 0.717) is 0 Å². The van der Waals surface area contributed by atoms with Crippen LogP contribution in [-0.4, -0.2) is 19.0 Å². The normalized spacial score (nSPS) is 18.7. The molecule has 1 aliphatic rings. The van der Waals surface area contributed by atoms with Gasteiger partial charge in [-0.25, -0.2) is 0 Å². The zero-order chi connectivity index (χ0) is 13.1. The van der Waals surface area contributed by atoms with Gasteiger partial charge in [-0.2, -0.15) is 0 Å². The number of benzene rings is 1. The van der Waals surface area contributed by atoms with Crippen LogP contribution in [0.2, 0.25) is 0 Å². The van der Waals surface area contributed by atoms with Gasteiger partial charge in [0.2, 0.25) is 5.91 Å². The molecule has 0 aliphatic carbocycles. The lowest BCUT2D eigenvalue weighted by Gasteiger charge is -2.32. The molecule has 1 heterocycles. The highest BCUT2D eigenvalue weighted by Gasteiger charge is 2.23. The molecular weight excluding hydrogens is 226 g/mol. The van der Waals surface area contributed by atoms with Crippen molar-refractivity contribution in [2.45, 2.75) is 25.8 Å². The van der Waals surface area contributed by atoms with Gasteiger partial charge in [0, 0.05) is 30.7 Å². The van der Waals surface area contributed by atoms with Crippen molar-refractivity contribution in [2.75, 3.05) is 18.0 Å². The summed E-state index contributed by atoms with van der Waals surface area (Å²) in [5, 5.41) is 0. The quantitative estimate of drug-likeness (QED) is 0.848. The number of carbonyl (C=O) groups excluding carboxylic acids is 1. The molecule has 0 unspecified atom stereocenters. The lowest BCUT2D eigenvalue weighted by molar-refractivity contribution is -0.122. The molecule has 1 fully saturated rings. The Morgan fingerprint density at radius 2 is 1.83 bits per heavy atom. The predicted molar refractivity (Wildman–Crippen MR) is 73.2 cm³/mol. The smallest absolute Gasteiger partial charge is 0.220 e. The number of hydrogen-bond donors (Lipinski definition) is 2. The van der Waals surface area contributed by atoms with Gasteiger partial charge in [0.1, 0.15) is 0 Å². The first kappa shape index (κ1) is 12.9. The largest absolute Gasteiger partial charge is 0.371 e. The average molecular weight is 247 g/mol. The molecule has 1 amide bonds. The number of piperidine rings is 1. The first-order valence-corrected chi connectivity index (χ1v) is 6.47. The summed E-state index contributed by atoms with van der Waals surface area (Å²) in [7, 11) is 0. The third kappa shape index (κ3) is 2.82. The van der Waals surface area contributed by atoms with Gasteiger partial charge in [0.15, 0.2) is 0 Å². The van der Waals surface area contributed by atoms with Gasteiger partial charge < -0.3 is 16.4 Å². The van der Waals surface area contributed by atoms with Gasteiger partial charge >= 0.3 is 0 Å². The highest BCUT2D eigenvalue weighted by Crippen LogP contribution is 2.24. The molecular formula is C14H21N3O. The Bertz CT molecular complexity index is 406. The van der Waals surface area contributed by atoms with Crippen molar-refractivity contribution in [2.24, 2.45) is 17.4 Å². The zero-order valence-electron chi connectivity index (χ0n) is 10.8. The van der Waals surface area contributed by atoms with Gasteiger partial charge in [-0.15, -0.1) is 0 Å². The molecule has 4 nitrogen and oxygen atoms in total. The number of nitrogens with two attached hydrogens (primary N) is 2. The number of amides is 1. The maximum atomic E-state index is 11.1. The van der Waals surface area contributed by atoms with Crippen LogP contribution in [0.3, 0.4) is 0 Å². The predicted octanol–water partition coefficient (Wildman–Crippen LogP) is 1.41. The zero-order valence-corrected chi connectivity index (χ0v) is 10.8. The number of anilines is 1. The van der Waals surface area contributed by atoms with E-state index in [-0.39, 0.29) is 17.9 Å². The second-order valence-electron chi connectivity index (χ2n) is 5.04. The molecule has 1 saturated heterocycles. The number of hydrogen-bond acceptors (Lipinski definition) is 3. The maximum Gasteiger partial charge on any atom is 0.220 e. The number of primary amides is 1. The standard InChI is InChI=1S/C14H21N3O/c1-10(15)11-2-4-13(5-3-11)17-8-6-12(7-9-17)14(16)18/h2-5,10,12H,6-9,15H2,1H3,(H2,16,18)/t10-/m1/s1. The number of rotatable bonds is 3. The maximum absolute atomic E-state index is 11.1. The van der Waals surface area contributed by atoms with Crippen LogP contribution in [0.5, 0.6) is 0 Å². The Hall–Kier alpha value is -1.55. The van der Waals surface area contributed by atoms with Crippen molar-refractivity contribution < 1.29 is 4.79 Å². The molecule has 1 aromatic rings. The molecule has 18 heavy (non-hydrogen) atoms. The average Bonchev–Trinajstić information content (AvgIpc) is 2.39. The molecule has 2 rings (SSSR count). The highest BCUT2D eigenvalue weighted by atomic mass is 16.1. The number of carbonyl (C=O) groups is 1. The third-order valence-corrected chi connectivity index (χ3v) is 3.68. The van der Waals surface area contributed by atoms with E-state index in [1.165, 1.54) is 5.69 Å². The molecule has 1 atom stereocenters. The minimum atomic E-state index is -0.165. The van der Waals surface area contributed by atoms with E-state index in [4.69, 9.17) is 11.5 Å². The summed E-state index contributed by atoms with van der Waals surface area (Å²) < 4.78 is 0. The number of nitrogens with zero attached hydrogens (tertiary/aromatic N) is 1. The summed E-state index contributed by atoms with van der Waals surface area (Å²) in [5.74, 6) is -0.119. The Kier molecular flexibility index (Phi) is 3.87. The topological polar surface area (TPSA) is 72.3 Å². The third-order valence-electron chi connectivity index (χ3n) is 3.68. The minimum Gasteiger partial charge on any atom is -0.371 e. The fourth-order valence-electron chi connectivity index (χ4n) is 2.41. The molecule has 98 valence electrons. The van der Waals surface area contributed by atoms with E-state index in [2.05, 4.69) is 29.2 Å². The van der Waals surface area contributed by atoms with Gasteiger partial charge in [-0.1, -0.05) is 12.1 Å². The van der Waals surface area contributed by atoms with Crippen LogP contribution >= 0.6 is 0 Å². The Balaban J connectivity index is 1.99. The SMILES string of the molecule is C[C@@H](N)c1ccc(N2CCC(C(N)=O)CC2)cc1. The summed E-state index contributed by atoms with van der Waals surface area (Å²) in [6.45, 7) is 3.77. The molecule has 0 radical (unpaired) electrons.